The van der Waals surface area contributed by atoms with E-state index in [1.54, 1.807) is 0 Å². The zero-order valence-electron chi connectivity index (χ0n) is 11.3. The summed E-state index contributed by atoms with van der Waals surface area (Å²) in [4.78, 5) is 0. The van der Waals surface area contributed by atoms with E-state index in [1.165, 1.54) is 0 Å². The lowest BCUT2D eigenvalue weighted by Crippen LogP contribution is -2.37. The lowest BCUT2D eigenvalue weighted by Gasteiger charge is -2.14. The Bertz CT molecular complexity index is 195. The van der Waals surface area contributed by atoms with E-state index < -0.39 is 0 Å². The molecule has 0 aliphatic heterocycles. The van der Waals surface area contributed by atoms with Crippen LogP contribution in [0.5, 0.6) is 0 Å². The van der Waals surface area contributed by atoms with E-state index in [-0.39, 0.29) is 0 Å². The van der Waals surface area contributed by atoms with Crippen LogP contribution in [0.1, 0.15) is 41.5 Å². The fourth-order valence-corrected chi connectivity index (χ4v) is 2.60. The van der Waals surface area contributed by atoms with Gasteiger partial charge in [-0.3, -0.25) is 0 Å². The van der Waals surface area contributed by atoms with E-state index in [9.17, 15) is 0 Å². The normalized spacial score (nSPS) is 25.2. The van der Waals surface area contributed by atoms with Crippen molar-refractivity contribution in [1.82, 2.24) is 10.6 Å². The van der Waals surface area contributed by atoms with Crippen LogP contribution in [0, 0.1) is 16.7 Å². The highest BCUT2D eigenvalue weighted by Crippen LogP contribution is 2.67. The molecule has 1 aliphatic rings. The van der Waals surface area contributed by atoms with E-state index in [0.29, 0.717) is 16.9 Å². The maximum atomic E-state index is 3.63. The second-order valence-electron chi connectivity index (χ2n) is 6.11. The summed E-state index contributed by atoms with van der Waals surface area (Å²) in [6.07, 6.45) is 0. The molecule has 2 nitrogen and oxygen atoms in total. The molecule has 15 heavy (non-hydrogen) atoms. The molecule has 0 aromatic carbocycles. The zero-order valence-corrected chi connectivity index (χ0v) is 11.3. The predicted octanol–water partition coefficient (Wildman–Crippen LogP) is 2.26. The Morgan fingerprint density at radius 3 is 2.07 bits per heavy atom. The van der Waals surface area contributed by atoms with Crippen LogP contribution in [0.25, 0.3) is 0 Å². The summed E-state index contributed by atoms with van der Waals surface area (Å²) in [6.45, 7) is 17.2. The van der Waals surface area contributed by atoms with Crippen molar-refractivity contribution < 1.29 is 0 Å². The first-order chi connectivity index (χ1) is 6.84. The number of nitrogens with one attached hydrogen (secondary N) is 2. The average molecular weight is 212 g/mol. The minimum absolute atomic E-state index is 0.512. The van der Waals surface area contributed by atoms with Gasteiger partial charge in [-0.15, -0.1) is 0 Å². The van der Waals surface area contributed by atoms with Crippen molar-refractivity contribution in [3.63, 3.8) is 0 Å². The Labute approximate surface area is 95.2 Å². The number of hydrogen-bond acceptors (Lipinski definition) is 2. The Balaban J connectivity index is 2.22. The summed E-state index contributed by atoms with van der Waals surface area (Å²) in [7, 11) is 0. The molecular formula is C13H28N2. The van der Waals surface area contributed by atoms with Crippen LogP contribution in [-0.2, 0) is 0 Å². The average Bonchev–Trinajstić information content (AvgIpc) is 2.51. The maximum absolute atomic E-state index is 3.63. The topological polar surface area (TPSA) is 24.1 Å². The first kappa shape index (κ1) is 13.0. The molecule has 2 N–H and O–H groups in total. The molecule has 1 saturated carbocycles. The molecular weight excluding hydrogens is 184 g/mol. The van der Waals surface area contributed by atoms with Crippen LogP contribution >= 0.6 is 0 Å². The van der Waals surface area contributed by atoms with Gasteiger partial charge in [0.05, 0.1) is 0 Å². The van der Waals surface area contributed by atoms with Gasteiger partial charge in [0.25, 0.3) is 0 Å². The van der Waals surface area contributed by atoms with Gasteiger partial charge >= 0.3 is 0 Å². The molecule has 2 heteroatoms. The summed E-state index contributed by atoms with van der Waals surface area (Å²) in [5.41, 5.74) is 1.02. The summed E-state index contributed by atoms with van der Waals surface area (Å²) in [5, 5.41) is 7.00. The van der Waals surface area contributed by atoms with Crippen molar-refractivity contribution in [3.8, 4) is 0 Å². The third-order valence-electron chi connectivity index (χ3n) is 4.69. The second-order valence-corrected chi connectivity index (χ2v) is 6.11. The Morgan fingerprint density at radius 1 is 1.13 bits per heavy atom. The van der Waals surface area contributed by atoms with Crippen molar-refractivity contribution in [3.05, 3.63) is 0 Å². The standard InChI is InChI=1S/C13H28N2/c1-7-14-8-10(2)15-9-11-12(3,4)13(11,5)6/h10-11,14-15H,7-9H2,1-6H3. The molecule has 0 amide bonds. The van der Waals surface area contributed by atoms with Gasteiger partial charge in [0, 0.05) is 12.6 Å². The molecule has 0 heterocycles. The highest BCUT2D eigenvalue weighted by Gasteiger charge is 2.63. The Kier molecular flexibility index (Phi) is 3.83. The first-order valence-corrected chi connectivity index (χ1v) is 6.28. The molecule has 1 unspecified atom stereocenters. The van der Waals surface area contributed by atoms with Crippen molar-refractivity contribution in [1.29, 1.82) is 0 Å². The molecule has 0 bridgehead atoms. The van der Waals surface area contributed by atoms with E-state index in [4.69, 9.17) is 0 Å². The number of rotatable bonds is 6. The van der Waals surface area contributed by atoms with Crippen LogP contribution in [0.15, 0.2) is 0 Å². The quantitative estimate of drug-likeness (QED) is 0.706. The smallest absolute Gasteiger partial charge is 0.0164 e. The van der Waals surface area contributed by atoms with E-state index in [1.807, 2.05) is 0 Å². The van der Waals surface area contributed by atoms with Gasteiger partial charge < -0.3 is 10.6 Å². The molecule has 90 valence electrons. The largest absolute Gasteiger partial charge is 0.315 e. The van der Waals surface area contributed by atoms with E-state index >= 15 is 0 Å². The third-order valence-corrected chi connectivity index (χ3v) is 4.69. The van der Waals surface area contributed by atoms with Crippen LogP contribution in [0.4, 0.5) is 0 Å². The highest BCUT2D eigenvalue weighted by atomic mass is 15.0. The summed E-state index contributed by atoms with van der Waals surface area (Å²) < 4.78 is 0. The summed E-state index contributed by atoms with van der Waals surface area (Å²) >= 11 is 0. The SMILES string of the molecule is CCNCC(C)NCC1C(C)(C)C1(C)C. The number of likely N-dealkylation sites (N-methyl/N-ethyl adjacent to an activating group) is 1. The van der Waals surface area contributed by atoms with Gasteiger partial charge in [0.1, 0.15) is 0 Å². The summed E-state index contributed by atoms with van der Waals surface area (Å²) in [5.74, 6) is 0.828. The molecule has 0 spiro atoms. The van der Waals surface area contributed by atoms with Crippen LogP contribution < -0.4 is 10.6 Å². The van der Waals surface area contributed by atoms with E-state index in [2.05, 4.69) is 52.2 Å². The molecule has 1 atom stereocenters. The summed E-state index contributed by atoms with van der Waals surface area (Å²) in [6, 6.07) is 0.581. The van der Waals surface area contributed by atoms with E-state index in [0.717, 1.165) is 25.6 Å². The minimum Gasteiger partial charge on any atom is -0.315 e. The van der Waals surface area contributed by atoms with Gasteiger partial charge in [0.15, 0.2) is 0 Å². The van der Waals surface area contributed by atoms with Gasteiger partial charge in [-0.2, -0.15) is 0 Å². The molecule has 0 radical (unpaired) electrons. The first-order valence-electron chi connectivity index (χ1n) is 6.28. The molecule has 1 fully saturated rings. The van der Waals surface area contributed by atoms with Crippen molar-refractivity contribution in [2.24, 2.45) is 16.7 Å². The van der Waals surface area contributed by atoms with Crippen LogP contribution in [-0.4, -0.2) is 25.7 Å². The predicted molar refractivity (Wildman–Crippen MR) is 67.1 cm³/mol. The minimum atomic E-state index is 0.512. The monoisotopic (exact) mass is 212 g/mol. The van der Waals surface area contributed by atoms with Crippen LogP contribution in [0.3, 0.4) is 0 Å². The molecule has 0 saturated heterocycles. The zero-order chi connectivity index (χ0) is 11.7. The van der Waals surface area contributed by atoms with Gasteiger partial charge in [-0.1, -0.05) is 34.6 Å². The lowest BCUT2D eigenvalue weighted by atomic mass is 10.0. The van der Waals surface area contributed by atoms with Crippen LogP contribution in [0.2, 0.25) is 0 Å². The Morgan fingerprint density at radius 2 is 1.67 bits per heavy atom. The third kappa shape index (κ3) is 2.54. The second kappa shape index (κ2) is 4.42. The van der Waals surface area contributed by atoms with Gasteiger partial charge in [-0.05, 0) is 36.8 Å². The fourth-order valence-electron chi connectivity index (χ4n) is 2.60. The molecule has 0 aromatic heterocycles. The van der Waals surface area contributed by atoms with Crippen molar-refractivity contribution >= 4 is 0 Å². The fraction of sp³-hybridized carbons (Fsp3) is 1.00. The van der Waals surface area contributed by atoms with Crippen molar-refractivity contribution in [2.45, 2.75) is 47.6 Å². The molecule has 0 aromatic rings. The maximum Gasteiger partial charge on any atom is 0.0164 e. The molecule has 1 rings (SSSR count). The Hall–Kier alpha value is -0.0800. The lowest BCUT2D eigenvalue weighted by molar-refractivity contribution is 0.457. The van der Waals surface area contributed by atoms with Crippen molar-refractivity contribution in [2.75, 3.05) is 19.6 Å². The number of hydrogen-bond donors (Lipinski definition) is 2. The van der Waals surface area contributed by atoms with Gasteiger partial charge in [0.2, 0.25) is 0 Å². The molecule has 1 aliphatic carbocycles. The van der Waals surface area contributed by atoms with Gasteiger partial charge in [-0.25, -0.2) is 0 Å². The highest BCUT2D eigenvalue weighted by molar-refractivity contribution is 5.12.